The monoisotopic (exact) mass is 315 g/mol. The van der Waals surface area contributed by atoms with Gasteiger partial charge >= 0.3 is 0 Å². The fraction of sp³-hybridized carbons (Fsp3) is 0.273. The van der Waals surface area contributed by atoms with Crippen LogP contribution in [0.15, 0.2) is 27.2 Å². The summed E-state index contributed by atoms with van der Waals surface area (Å²) in [6.45, 7) is 0.820. The normalized spacial score (nSPS) is 10.8. The second-order valence-corrected chi connectivity index (χ2v) is 4.76. The van der Waals surface area contributed by atoms with Gasteiger partial charge in [0.25, 0.3) is 5.89 Å². The number of aromatic nitrogens is 2. The highest BCUT2D eigenvalue weighted by Gasteiger charge is 2.09. The maximum absolute atomic E-state index is 6.01. The number of nitrogens with one attached hydrogen (secondary N) is 1. The van der Waals surface area contributed by atoms with E-state index in [4.69, 9.17) is 16.1 Å². The second-order valence-electron chi connectivity index (χ2n) is 3.50. The first-order chi connectivity index (χ1) is 8.20. The molecule has 2 rings (SSSR count). The molecule has 90 valence electrons. The molecule has 0 unspecified atom stereocenters. The van der Waals surface area contributed by atoms with E-state index in [9.17, 15) is 0 Å². The number of hydrogen-bond donors (Lipinski definition) is 1. The van der Waals surface area contributed by atoms with Crippen molar-refractivity contribution in [1.29, 1.82) is 0 Å². The van der Waals surface area contributed by atoms with Crippen LogP contribution in [-0.4, -0.2) is 23.7 Å². The third kappa shape index (κ3) is 3.06. The van der Waals surface area contributed by atoms with E-state index < -0.39 is 0 Å². The molecule has 1 aromatic carbocycles. The molecule has 0 radical (unpaired) electrons. The summed E-state index contributed by atoms with van der Waals surface area (Å²) in [6.07, 6.45) is 0.740. The fourth-order valence-corrected chi connectivity index (χ4v) is 1.77. The Balaban J connectivity index is 2.21. The summed E-state index contributed by atoms with van der Waals surface area (Å²) in [7, 11) is 1.88. The number of halogens is 2. The first-order valence-corrected chi connectivity index (χ1v) is 6.30. The van der Waals surface area contributed by atoms with E-state index in [0.29, 0.717) is 16.7 Å². The van der Waals surface area contributed by atoms with Gasteiger partial charge in [-0.1, -0.05) is 16.8 Å². The van der Waals surface area contributed by atoms with Crippen molar-refractivity contribution in [3.8, 4) is 11.5 Å². The smallest absolute Gasteiger partial charge is 0.257 e. The first kappa shape index (κ1) is 12.5. The van der Waals surface area contributed by atoms with Gasteiger partial charge in [-0.3, -0.25) is 0 Å². The number of likely N-dealkylation sites (N-methyl/N-ethyl adjacent to an activating group) is 1. The Labute approximate surface area is 112 Å². The van der Waals surface area contributed by atoms with Crippen LogP contribution in [0, 0.1) is 0 Å². The summed E-state index contributed by atoms with van der Waals surface area (Å²) in [5, 5.41) is 7.56. The van der Waals surface area contributed by atoms with Gasteiger partial charge in [0.2, 0.25) is 0 Å². The van der Waals surface area contributed by atoms with Gasteiger partial charge < -0.3 is 9.84 Å². The molecule has 0 fully saturated rings. The molecule has 1 heterocycles. The molecule has 17 heavy (non-hydrogen) atoms. The SMILES string of the molecule is CNCCc1noc(-c2ccc(Br)c(Cl)c2)n1. The van der Waals surface area contributed by atoms with Crippen molar-refractivity contribution in [2.24, 2.45) is 0 Å². The molecule has 0 spiro atoms. The molecule has 0 aliphatic rings. The number of nitrogens with zero attached hydrogens (tertiary/aromatic N) is 2. The zero-order valence-corrected chi connectivity index (χ0v) is 11.5. The predicted octanol–water partition coefficient (Wildman–Crippen LogP) is 2.91. The largest absolute Gasteiger partial charge is 0.334 e. The highest BCUT2D eigenvalue weighted by atomic mass is 79.9. The summed E-state index contributed by atoms with van der Waals surface area (Å²) in [6, 6.07) is 5.53. The van der Waals surface area contributed by atoms with E-state index in [2.05, 4.69) is 31.4 Å². The Hall–Kier alpha value is -0.910. The van der Waals surface area contributed by atoms with E-state index in [-0.39, 0.29) is 0 Å². The minimum atomic E-state index is 0.491. The highest BCUT2D eigenvalue weighted by molar-refractivity contribution is 9.10. The lowest BCUT2D eigenvalue weighted by molar-refractivity contribution is 0.422. The van der Waals surface area contributed by atoms with Crippen molar-refractivity contribution < 1.29 is 4.52 Å². The molecule has 4 nitrogen and oxygen atoms in total. The van der Waals surface area contributed by atoms with E-state index in [1.807, 2.05) is 19.2 Å². The average molecular weight is 317 g/mol. The highest BCUT2D eigenvalue weighted by Crippen LogP contribution is 2.27. The van der Waals surface area contributed by atoms with E-state index in [1.165, 1.54) is 0 Å². The van der Waals surface area contributed by atoms with Crippen LogP contribution in [0.2, 0.25) is 5.02 Å². The zero-order chi connectivity index (χ0) is 12.3. The molecule has 1 N–H and O–H groups in total. The fourth-order valence-electron chi connectivity index (χ4n) is 1.34. The third-order valence-corrected chi connectivity index (χ3v) is 3.47. The summed E-state index contributed by atoms with van der Waals surface area (Å²) in [5.74, 6) is 1.18. The van der Waals surface area contributed by atoms with Gasteiger partial charge in [0.1, 0.15) is 0 Å². The van der Waals surface area contributed by atoms with Gasteiger partial charge in [-0.05, 0) is 41.2 Å². The molecule has 1 aromatic heterocycles. The number of hydrogen-bond acceptors (Lipinski definition) is 4. The number of benzene rings is 1. The molecule has 0 aliphatic carbocycles. The molecule has 0 saturated carbocycles. The van der Waals surface area contributed by atoms with Crippen LogP contribution < -0.4 is 5.32 Å². The first-order valence-electron chi connectivity index (χ1n) is 5.13. The van der Waals surface area contributed by atoms with Crippen molar-refractivity contribution in [3.05, 3.63) is 33.5 Å². The summed E-state index contributed by atoms with van der Waals surface area (Å²) < 4.78 is 6.02. The van der Waals surface area contributed by atoms with Crippen LogP contribution >= 0.6 is 27.5 Å². The van der Waals surface area contributed by atoms with Crippen LogP contribution in [0.5, 0.6) is 0 Å². The molecule has 0 aliphatic heterocycles. The van der Waals surface area contributed by atoms with E-state index in [1.54, 1.807) is 6.07 Å². The molecule has 0 atom stereocenters. The van der Waals surface area contributed by atoms with Gasteiger partial charge in [-0.25, -0.2) is 0 Å². The van der Waals surface area contributed by atoms with E-state index >= 15 is 0 Å². The van der Waals surface area contributed by atoms with Crippen LogP contribution in [0.25, 0.3) is 11.5 Å². The van der Waals surface area contributed by atoms with Gasteiger partial charge in [0.15, 0.2) is 5.82 Å². The Morgan fingerprint density at radius 3 is 3.00 bits per heavy atom. The Kier molecular flexibility index (Phi) is 4.15. The van der Waals surface area contributed by atoms with Gasteiger partial charge in [0, 0.05) is 23.0 Å². The molecule has 6 heteroatoms. The Bertz CT molecular complexity index is 515. The van der Waals surface area contributed by atoms with Crippen LogP contribution in [0.3, 0.4) is 0 Å². The summed E-state index contributed by atoms with van der Waals surface area (Å²) >= 11 is 9.34. The quantitative estimate of drug-likeness (QED) is 0.942. The van der Waals surface area contributed by atoms with Crippen molar-refractivity contribution in [1.82, 2.24) is 15.5 Å². The summed E-state index contributed by atoms with van der Waals surface area (Å²) in [4.78, 5) is 4.30. The Morgan fingerprint density at radius 2 is 2.29 bits per heavy atom. The standard InChI is InChI=1S/C11H11BrClN3O/c1-14-5-4-10-15-11(17-16-10)7-2-3-8(12)9(13)6-7/h2-3,6,14H,4-5H2,1H3. The van der Waals surface area contributed by atoms with Crippen LogP contribution in [0.4, 0.5) is 0 Å². The minimum Gasteiger partial charge on any atom is -0.334 e. The number of rotatable bonds is 4. The molecular formula is C11H11BrClN3O. The lowest BCUT2D eigenvalue weighted by Gasteiger charge is -1.97. The van der Waals surface area contributed by atoms with Gasteiger partial charge in [-0.15, -0.1) is 0 Å². The molecular weight excluding hydrogens is 305 g/mol. The maximum Gasteiger partial charge on any atom is 0.257 e. The molecule has 0 bridgehead atoms. The Morgan fingerprint density at radius 1 is 1.47 bits per heavy atom. The minimum absolute atomic E-state index is 0.491. The molecule has 0 amide bonds. The average Bonchev–Trinajstić information content (AvgIpc) is 2.79. The lowest BCUT2D eigenvalue weighted by Crippen LogP contribution is -2.10. The molecule has 0 saturated heterocycles. The van der Waals surface area contributed by atoms with Gasteiger partial charge in [0.05, 0.1) is 5.02 Å². The van der Waals surface area contributed by atoms with Crippen LogP contribution in [-0.2, 0) is 6.42 Å². The predicted molar refractivity (Wildman–Crippen MR) is 70.1 cm³/mol. The lowest BCUT2D eigenvalue weighted by atomic mass is 10.2. The van der Waals surface area contributed by atoms with E-state index in [0.717, 1.165) is 23.0 Å². The second kappa shape index (κ2) is 5.62. The third-order valence-electron chi connectivity index (χ3n) is 2.23. The maximum atomic E-state index is 6.01. The summed E-state index contributed by atoms with van der Waals surface area (Å²) in [5.41, 5.74) is 0.821. The van der Waals surface area contributed by atoms with Crippen molar-refractivity contribution in [2.45, 2.75) is 6.42 Å². The van der Waals surface area contributed by atoms with Crippen molar-refractivity contribution >= 4 is 27.5 Å². The van der Waals surface area contributed by atoms with Crippen LogP contribution in [0.1, 0.15) is 5.82 Å². The molecule has 2 aromatic rings. The topological polar surface area (TPSA) is 51.0 Å². The van der Waals surface area contributed by atoms with Gasteiger partial charge in [-0.2, -0.15) is 4.98 Å². The van der Waals surface area contributed by atoms with Crippen molar-refractivity contribution in [3.63, 3.8) is 0 Å². The zero-order valence-electron chi connectivity index (χ0n) is 9.20. The van der Waals surface area contributed by atoms with Crippen molar-refractivity contribution in [2.75, 3.05) is 13.6 Å².